The van der Waals surface area contributed by atoms with Gasteiger partial charge in [0.2, 0.25) is 0 Å². The lowest BCUT2D eigenvalue weighted by Crippen LogP contribution is -2.32. The molecule has 0 aromatic heterocycles. The summed E-state index contributed by atoms with van der Waals surface area (Å²) in [6.07, 6.45) is 0.798. The van der Waals surface area contributed by atoms with Gasteiger partial charge in [-0.2, -0.15) is 0 Å². The summed E-state index contributed by atoms with van der Waals surface area (Å²) in [5.41, 5.74) is 1.93. The zero-order valence-corrected chi connectivity index (χ0v) is 18.4. The molecule has 0 spiro atoms. The van der Waals surface area contributed by atoms with E-state index in [1.807, 2.05) is 18.2 Å². The Morgan fingerprint density at radius 1 is 1.10 bits per heavy atom. The molecule has 0 unspecified atom stereocenters. The molecule has 2 N–H and O–H groups in total. The van der Waals surface area contributed by atoms with Gasteiger partial charge in [-0.3, -0.25) is 0 Å². The summed E-state index contributed by atoms with van der Waals surface area (Å²) in [4.78, 5) is 12.0. The Hall–Kier alpha value is -2.51. The van der Waals surface area contributed by atoms with Crippen molar-refractivity contribution >= 4 is 40.6 Å². The average Bonchev–Trinajstić information content (AvgIpc) is 2.73. The monoisotopic (exact) mass is 436 g/mol. The van der Waals surface area contributed by atoms with Gasteiger partial charge in [0.25, 0.3) is 0 Å². The maximum Gasteiger partial charge on any atom is 0.339 e. The zero-order chi connectivity index (χ0) is 21.4. The number of hydrogen-bond donors (Lipinski definition) is 2. The van der Waals surface area contributed by atoms with Crippen molar-refractivity contribution in [1.82, 2.24) is 5.32 Å². The van der Waals surface area contributed by atoms with E-state index in [1.165, 1.54) is 0 Å². The van der Waals surface area contributed by atoms with Crippen LogP contribution in [-0.2, 0) is 4.74 Å². The van der Waals surface area contributed by atoms with Crippen LogP contribution in [0.3, 0.4) is 0 Å². The third-order valence-corrected chi connectivity index (χ3v) is 4.79. The Morgan fingerprint density at radius 2 is 1.83 bits per heavy atom. The molecule has 8 heteroatoms. The van der Waals surface area contributed by atoms with Crippen LogP contribution in [0.4, 0.5) is 5.69 Å². The predicted molar refractivity (Wildman–Crippen MR) is 119 cm³/mol. The standard InChI is InChI=1S/C21H25ClN2O4S/c1-5-17(13-7-10-18(26-3)19(11-13)27-4)24-21(29)23-14-8-9-16(22)15(12-14)20(25)28-6-2/h7-12,17H,5-6H2,1-4H3,(H2,23,24,29)/t17-/m1/s1. The molecule has 2 aromatic carbocycles. The molecule has 0 radical (unpaired) electrons. The molecule has 0 heterocycles. The highest BCUT2D eigenvalue weighted by Gasteiger charge is 2.16. The molecule has 6 nitrogen and oxygen atoms in total. The van der Waals surface area contributed by atoms with Crippen molar-refractivity contribution in [3.05, 3.63) is 52.5 Å². The molecule has 29 heavy (non-hydrogen) atoms. The van der Waals surface area contributed by atoms with E-state index in [-0.39, 0.29) is 18.2 Å². The van der Waals surface area contributed by atoms with Crippen LogP contribution in [0, 0.1) is 0 Å². The number of thiocarbonyl (C=S) groups is 1. The largest absolute Gasteiger partial charge is 0.493 e. The number of methoxy groups -OCH3 is 2. The number of anilines is 1. The molecular weight excluding hydrogens is 412 g/mol. The Balaban J connectivity index is 2.13. The second-order valence-corrected chi connectivity index (χ2v) is 6.90. The lowest BCUT2D eigenvalue weighted by atomic mass is 10.0. The van der Waals surface area contributed by atoms with Gasteiger partial charge in [-0.15, -0.1) is 0 Å². The van der Waals surface area contributed by atoms with Crippen molar-refractivity contribution in [2.75, 3.05) is 26.1 Å². The van der Waals surface area contributed by atoms with Gasteiger partial charge >= 0.3 is 5.97 Å². The van der Waals surface area contributed by atoms with Crippen molar-refractivity contribution in [2.24, 2.45) is 0 Å². The normalized spacial score (nSPS) is 11.3. The van der Waals surface area contributed by atoms with Crippen LogP contribution in [0.25, 0.3) is 0 Å². The molecule has 0 saturated heterocycles. The molecule has 0 aliphatic rings. The highest BCUT2D eigenvalue weighted by atomic mass is 35.5. The van der Waals surface area contributed by atoms with Gasteiger partial charge in [0, 0.05) is 5.69 Å². The first kappa shape index (κ1) is 22.8. The highest BCUT2D eigenvalue weighted by Crippen LogP contribution is 2.31. The summed E-state index contributed by atoms with van der Waals surface area (Å²) < 4.78 is 15.7. The second kappa shape index (κ2) is 10.9. The number of benzene rings is 2. The summed E-state index contributed by atoms with van der Waals surface area (Å²) in [5, 5.41) is 7.12. The third-order valence-electron chi connectivity index (χ3n) is 4.24. The third kappa shape index (κ3) is 5.98. The number of rotatable bonds is 8. The van der Waals surface area contributed by atoms with Crippen molar-refractivity contribution in [1.29, 1.82) is 0 Å². The summed E-state index contributed by atoms with van der Waals surface area (Å²) in [6.45, 7) is 4.07. The van der Waals surface area contributed by atoms with Crippen LogP contribution in [0.2, 0.25) is 5.02 Å². The summed E-state index contributed by atoms with van der Waals surface area (Å²) in [6, 6.07) is 10.7. The average molecular weight is 437 g/mol. The first-order valence-electron chi connectivity index (χ1n) is 9.19. The number of carbonyl (C=O) groups excluding carboxylic acids is 1. The number of nitrogens with one attached hydrogen (secondary N) is 2. The molecule has 1 atom stereocenters. The first-order chi connectivity index (χ1) is 13.9. The van der Waals surface area contributed by atoms with E-state index in [4.69, 9.17) is 38.0 Å². The molecule has 0 aliphatic heterocycles. The minimum absolute atomic E-state index is 0.0355. The minimum Gasteiger partial charge on any atom is -0.493 e. The maximum atomic E-state index is 12.0. The molecule has 156 valence electrons. The summed E-state index contributed by atoms with van der Waals surface area (Å²) >= 11 is 11.6. The molecule has 0 amide bonds. The number of hydrogen-bond acceptors (Lipinski definition) is 5. The highest BCUT2D eigenvalue weighted by molar-refractivity contribution is 7.80. The quantitative estimate of drug-likeness (QED) is 0.447. The van der Waals surface area contributed by atoms with Crippen LogP contribution in [0.15, 0.2) is 36.4 Å². The van der Waals surface area contributed by atoms with Gasteiger partial charge < -0.3 is 24.8 Å². The number of esters is 1. The smallest absolute Gasteiger partial charge is 0.339 e. The van der Waals surface area contributed by atoms with Gasteiger partial charge in [-0.25, -0.2) is 4.79 Å². The van der Waals surface area contributed by atoms with E-state index in [0.29, 0.717) is 27.3 Å². The van der Waals surface area contributed by atoms with Crippen molar-refractivity contribution in [3.63, 3.8) is 0 Å². The van der Waals surface area contributed by atoms with Gasteiger partial charge in [-0.05, 0) is 61.5 Å². The fourth-order valence-electron chi connectivity index (χ4n) is 2.78. The van der Waals surface area contributed by atoms with E-state index in [9.17, 15) is 4.79 Å². The fourth-order valence-corrected chi connectivity index (χ4v) is 3.24. The molecule has 2 aromatic rings. The van der Waals surface area contributed by atoms with Crippen LogP contribution < -0.4 is 20.1 Å². The van der Waals surface area contributed by atoms with Gasteiger partial charge in [-0.1, -0.05) is 24.6 Å². The SMILES string of the molecule is CCOC(=O)c1cc(NC(=S)N[C@H](CC)c2ccc(OC)c(OC)c2)ccc1Cl. The lowest BCUT2D eigenvalue weighted by Gasteiger charge is -2.21. The van der Waals surface area contributed by atoms with E-state index in [1.54, 1.807) is 39.3 Å². The lowest BCUT2D eigenvalue weighted by molar-refractivity contribution is 0.0526. The molecular formula is C21H25ClN2O4S. The summed E-state index contributed by atoms with van der Waals surface area (Å²) in [5.74, 6) is 0.845. The summed E-state index contributed by atoms with van der Waals surface area (Å²) in [7, 11) is 3.20. The Kier molecular flexibility index (Phi) is 8.54. The fraction of sp³-hybridized carbons (Fsp3) is 0.333. The molecule has 0 fully saturated rings. The Bertz CT molecular complexity index is 876. The van der Waals surface area contributed by atoms with Crippen molar-refractivity contribution < 1.29 is 19.0 Å². The number of carbonyl (C=O) groups is 1. The molecule has 0 saturated carbocycles. The van der Waals surface area contributed by atoms with Crippen molar-refractivity contribution in [3.8, 4) is 11.5 Å². The Morgan fingerprint density at radius 3 is 2.45 bits per heavy atom. The van der Waals surface area contributed by atoms with Crippen LogP contribution in [-0.4, -0.2) is 31.9 Å². The van der Waals surface area contributed by atoms with Crippen molar-refractivity contribution in [2.45, 2.75) is 26.3 Å². The molecule has 0 bridgehead atoms. The van der Waals surface area contributed by atoms with Crippen LogP contribution >= 0.6 is 23.8 Å². The zero-order valence-electron chi connectivity index (χ0n) is 16.9. The van der Waals surface area contributed by atoms with E-state index in [0.717, 1.165) is 12.0 Å². The van der Waals surface area contributed by atoms with E-state index < -0.39 is 5.97 Å². The first-order valence-corrected chi connectivity index (χ1v) is 9.98. The van der Waals surface area contributed by atoms with E-state index in [2.05, 4.69) is 17.6 Å². The molecule has 2 rings (SSSR count). The van der Waals surface area contributed by atoms with Gasteiger partial charge in [0.1, 0.15) is 0 Å². The number of ether oxygens (including phenoxy) is 3. The predicted octanol–water partition coefficient (Wildman–Crippen LogP) is 4.97. The molecule has 0 aliphatic carbocycles. The minimum atomic E-state index is -0.475. The van der Waals surface area contributed by atoms with Gasteiger partial charge in [0.05, 0.1) is 37.5 Å². The van der Waals surface area contributed by atoms with Gasteiger partial charge in [0.15, 0.2) is 16.6 Å². The maximum absolute atomic E-state index is 12.0. The number of halogens is 1. The topological polar surface area (TPSA) is 68.8 Å². The van der Waals surface area contributed by atoms with Crippen LogP contribution in [0.5, 0.6) is 11.5 Å². The Labute approximate surface area is 181 Å². The second-order valence-electron chi connectivity index (χ2n) is 6.09. The van der Waals surface area contributed by atoms with E-state index >= 15 is 0 Å². The van der Waals surface area contributed by atoms with Crippen LogP contribution in [0.1, 0.15) is 42.2 Å².